The van der Waals surface area contributed by atoms with Crippen molar-refractivity contribution in [1.82, 2.24) is 4.90 Å². The molecule has 0 radical (unpaired) electrons. The van der Waals surface area contributed by atoms with Gasteiger partial charge in [0.05, 0.1) is 12.6 Å². The SMILES string of the molecule is O=C(O)C1C[C@@H](O)CN1C(=O)O. The molecule has 0 aromatic heterocycles. The first-order valence-electron chi connectivity index (χ1n) is 3.43. The van der Waals surface area contributed by atoms with E-state index in [4.69, 9.17) is 15.3 Å². The molecule has 0 aromatic rings. The van der Waals surface area contributed by atoms with E-state index in [0.29, 0.717) is 0 Å². The van der Waals surface area contributed by atoms with E-state index in [1.807, 2.05) is 0 Å². The molecule has 1 amide bonds. The van der Waals surface area contributed by atoms with E-state index in [9.17, 15) is 9.59 Å². The van der Waals surface area contributed by atoms with Gasteiger partial charge < -0.3 is 15.3 Å². The van der Waals surface area contributed by atoms with E-state index >= 15 is 0 Å². The normalized spacial score (nSPS) is 28.9. The average molecular weight is 175 g/mol. The van der Waals surface area contributed by atoms with Gasteiger partial charge in [-0.1, -0.05) is 0 Å². The van der Waals surface area contributed by atoms with Gasteiger partial charge in [-0.25, -0.2) is 9.59 Å². The van der Waals surface area contributed by atoms with Crippen LogP contribution in [-0.4, -0.2) is 51.0 Å². The van der Waals surface area contributed by atoms with Gasteiger partial charge in [-0.2, -0.15) is 0 Å². The molecule has 1 unspecified atom stereocenters. The Balaban J connectivity index is 2.72. The lowest BCUT2D eigenvalue weighted by Gasteiger charge is -2.16. The largest absolute Gasteiger partial charge is 0.480 e. The van der Waals surface area contributed by atoms with Crippen LogP contribution in [0.5, 0.6) is 0 Å². The predicted molar refractivity (Wildman–Crippen MR) is 36.8 cm³/mol. The van der Waals surface area contributed by atoms with Gasteiger partial charge in [-0.05, 0) is 0 Å². The first-order valence-corrected chi connectivity index (χ1v) is 3.43. The lowest BCUT2D eigenvalue weighted by atomic mass is 10.2. The molecule has 1 fully saturated rings. The summed E-state index contributed by atoms with van der Waals surface area (Å²) in [6.45, 7) is -0.119. The molecule has 0 aliphatic carbocycles. The van der Waals surface area contributed by atoms with Crippen LogP contribution in [0.3, 0.4) is 0 Å². The third-order valence-electron chi connectivity index (χ3n) is 1.81. The fourth-order valence-corrected chi connectivity index (χ4v) is 1.26. The number of likely N-dealkylation sites (tertiary alicyclic amines) is 1. The van der Waals surface area contributed by atoms with Crippen molar-refractivity contribution in [1.29, 1.82) is 0 Å². The lowest BCUT2D eigenvalue weighted by molar-refractivity contribution is -0.141. The Labute approximate surface area is 68.0 Å². The molecule has 2 atom stereocenters. The molecule has 6 nitrogen and oxygen atoms in total. The van der Waals surface area contributed by atoms with Crippen molar-refractivity contribution in [2.24, 2.45) is 0 Å². The molecule has 0 spiro atoms. The summed E-state index contributed by atoms with van der Waals surface area (Å²) in [4.78, 5) is 21.6. The van der Waals surface area contributed by atoms with Crippen molar-refractivity contribution >= 4 is 12.1 Å². The summed E-state index contributed by atoms with van der Waals surface area (Å²) in [7, 11) is 0. The maximum absolute atomic E-state index is 10.4. The molecule has 68 valence electrons. The molecular formula is C6H9NO5. The van der Waals surface area contributed by atoms with Crippen LogP contribution in [-0.2, 0) is 4.79 Å². The number of carbonyl (C=O) groups is 2. The van der Waals surface area contributed by atoms with Crippen LogP contribution in [0.25, 0.3) is 0 Å². The zero-order chi connectivity index (χ0) is 9.30. The maximum atomic E-state index is 10.4. The van der Waals surface area contributed by atoms with E-state index in [2.05, 4.69) is 0 Å². The molecular weight excluding hydrogens is 166 g/mol. The standard InChI is InChI=1S/C6H9NO5/c8-3-1-4(5(9)10)7(2-3)6(11)12/h3-4,8H,1-2H2,(H,9,10)(H,11,12)/t3-,4?/m1/s1. The molecule has 1 aliphatic heterocycles. The molecule has 1 heterocycles. The van der Waals surface area contributed by atoms with E-state index in [1.54, 1.807) is 0 Å². The number of hydrogen-bond acceptors (Lipinski definition) is 3. The maximum Gasteiger partial charge on any atom is 0.408 e. The summed E-state index contributed by atoms with van der Waals surface area (Å²) in [6, 6.07) is -1.10. The quantitative estimate of drug-likeness (QED) is 0.484. The van der Waals surface area contributed by atoms with Gasteiger partial charge in [0.15, 0.2) is 0 Å². The number of nitrogens with zero attached hydrogens (tertiary/aromatic N) is 1. The number of carboxylic acid groups (broad SMARTS) is 2. The van der Waals surface area contributed by atoms with E-state index in [0.717, 1.165) is 4.90 Å². The molecule has 0 bridgehead atoms. The number of β-amino-alcohol motifs (C(OH)–C–C–N with tert-alkyl or cyclic N) is 1. The van der Waals surface area contributed by atoms with Crippen molar-refractivity contribution in [3.05, 3.63) is 0 Å². The summed E-state index contributed by atoms with van der Waals surface area (Å²) in [6.07, 6.45) is -2.19. The van der Waals surface area contributed by atoms with Crippen LogP contribution in [0, 0.1) is 0 Å². The minimum atomic E-state index is -1.31. The van der Waals surface area contributed by atoms with Gasteiger partial charge in [0.25, 0.3) is 0 Å². The lowest BCUT2D eigenvalue weighted by Crippen LogP contribution is -2.39. The number of amides is 1. The number of hydrogen-bond donors (Lipinski definition) is 3. The number of aliphatic hydroxyl groups is 1. The summed E-state index contributed by atoms with van der Waals surface area (Å²) in [5, 5.41) is 26.0. The van der Waals surface area contributed by atoms with Gasteiger partial charge >= 0.3 is 12.1 Å². The van der Waals surface area contributed by atoms with E-state index < -0.39 is 24.2 Å². The molecule has 6 heteroatoms. The second-order valence-electron chi connectivity index (χ2n) is 2.68. The molecule has 12 heavy (non-hydrogen) atoms. The highest BCUT2D eigenvalue weighted by Gasteiger charge is 2.38. The van der Waals surface area contributed by atoms with Crippen LogP contribution in [0.15, 0.2) is 0 Å². The third-order valence-corrected chi connectivity index (χ3v) is 1.81. The number of rotatable bonds is 1. The van der Waals surface area contributed by atoms with Crippen LogP contribution in [0.1, 0.15) is 6.42 Å². The van der Waals surface area contributed by atoms with Crippen LogP contribution < -0.4 is 0 Å². The van der Waals surface area contributed by atoms with Gasteiger partial charge in [-0.15, -0.1) is 0 Å². The highest BCUT2D eigenvalue weighted by Crippen LogP contribution is 2.17. The fourth-order valence-electron chi connectivity index (χ4n) is 1.26. The minimum Gasteiger partial charge on any atom is -0.480 e. The topological polar surface area (TPSA) is 98.1 Å². The minimum absolute atomic E-state index is 0.0262. The Hall–Kier alpha value is -1.30. The smallest absolute Gasteiger partial charge is 0.408 e. The second kappa shape index (κ2) is 2.98. The van der Waals surface area contributed by atoms with Crippen LogP contribution in [0.2, 0.25) is 0 Å². The fraction of sp³-hybridized carbons (Fsp3) is 0.667. The average Bonchev–Trinajstić information content (AvgIpc) is 2.31. The number of carboxylic acids is 1. The molecule has 1 rings (SSSR count). The van der Waals surface area contributed by atoms with Crippen LogP contribution in [0.4, 0.5) is 4.79 Å². The first kappa shape index (κ1) is 8.79. The molecule has 0 aromatic carbocycles. The zero-order valence-electron chi connectivity index (χ0n) is 6.17. The summed E-state index contributed by atoms with van der Waals surface area (Å²) in [5.41, 5.74) is 0. The van der Waals surface area contributed by atoms with Gasteiger partial charge in [-0.3, -0.25) is 4.90 Å². The Morgan fingerprint density at radius 1 is 1.33 bits per heavy atom. The van der Waals surface area contributed by atoms with Crippen LogP contribution >= 0.6 is 0 Å². The monoisotopic (exact) mass is 175 g/mol. The molecule has 1 saturated heterocycles. The Morgan fingerprint density at radius 3 is 2.25 bits per heavy atom. The summed E-state index contributed by atoms with van der Waals surface area (Å²) >= 11 is 0. The molecule has 0 saturated carbocycles. The zero-order valence-corrected chi connectivity index (χ0v) is 6.17. The van der Waals surface area contributed by atoms with E-state index in [1.165, 1.54) is 0 Å². The van der Waals surface area contributed by atoms with Gasteiger partial charge in [0.1, 0.15) is 6.04 Å². The van der Waals surface area contributed by atoms with Gasteiger partial charge in [0.2, 0.25) is 0 Å². The number of aliphatic hydroxyl groups excluding tert-OH is 1. The Kier molecular flexibility index (Phi) is 2.18. The van der Waals surface area contributed by atoms with Crippen molar-refractivity contribution in [2.75, 3.05) is 6.54 Å². The third kappa shape index (κ3) is 1.48. The number of aliphatic carboxylic acids is 1. The van der Waals surface area contributed by atoms with Crippen molar-refractivity contribution in [2.45, 2.75) is 18.6 Å². The summed E-state index contributed by atoms with van der Waals surface area (Å²) in [5.74, 6) is -1.21. The van der Waals surface area contributed by atoms with Crippen molar-refractivity contribution < 1.29 is 24.9 Å². The predicted octanol–water partition coefficient (Wildman–Crippen LogP) is -0.816. The Bertz CT molecular complexity index is 194. The Morgan fingerprint density at radius 2 is 1.92 bits per heavy atom. The highest BCUT2D eigenvalue weighted by molar-refractivity contribution is 5.80. The van der Waals surface area contributed by atoms with Crippen molar-refractivity contribution in [3.63, 3.8) is 0 Å². The molecule has 1 aliphatic rings. The van der Waals surface area contributed by atoms with Crippen molar-refractivity contribution in [3.8, 4) is 0 Å². The molecule has 3 N–H and O–H groups in total. The highest BCUT2D eigenvalue weighted by atomic mass is 16.4. The first-order chi connectivity index (χ1) is 5.52. The second-order valence-corrected chi connectivity index (χ2v) is 2.68. The van der Waals surface area contributed by atoms with E-state index in [-0.39, 0.29) is 13.0 Å². The summed E-state index contributed by atoms with van der Waals surface area (Å²) < 4.78 is 0. The van der Waals surface area contributed by atoms with Gasteiger partial charge in [0, 0.05) is 6.42 Å².